The van der Waals surface area contributed by atoms with Crippen molar-refractivity contribution in [1.82, 2.24) is 10.0 Å². The molecule has 0 unspecified atom stereocenters. The molecule has 10 heteroatoms. The highest BCUT2D eigenvalue weighted by Crippen LogP contribution is 2.23. The predicted molar refractivity (Wildman–Crippen MR) is 121 cm³/mol. The molecule has 0 aromatic heterocycles. The van der Waals surface area contributed by atoms with E-state index in [9.17, 15) is 18.0 Å². The number of ether oxygens (including phenoxy) is 1. The van der Waals surface area contributed by atoms with Gasteiger partial charge in [0.25, 0.3) is 10.0 Å². The van der Waals surface area contributed by atoms with Crippen molar-refractivity contribution in [2.24, 2.45) is 10.9 Å². The number of fused-ring (bicyclic) bond motifs is 1. The van der Waals surface area contributed by atoms with Crippen molar-refractivity contribution in [2.45, 2.75) is 31.3 Å². The lowest BCUT2D eigenvalue weighted by atomic mass is 10.0. The van der Waals surface area contributed by atoms with Crippen LogP contribution in [0.3, 0.4) is 0 Å². The number of rotatable bonds is 8. The minimum absolute atomic E-state index is 0.0513. The van der Waals surface area contributed by atoms with Crippen LogP contribution in [-0.2, 0) is 30.9 Å². The Morgan fingerprint density at radius 1 is 1.12 bits per heavy atom. The van der Waals surface area contributed by atoms with E-state index in [2.05, 4.69) is 20.3 Å². The highest BCUT2D eigenvalue weighted by atomic mass is 32.2. The van der Waals surface area contributed by atoms with E-state index in [-0.39, 0.29) is 41.6 Å². The van der Waals surface area contributed by atoms with Crippen LogP contribution < -0.4 is 15.4 Å². The van der Waals surface area contributed by atoms with Gasteiger partial charge in [-0.05, 0) is 35.7 Å². The van der Waals surface area contributed by atoms with Crippen LogP contribution in [0.5, 0.6) is 0 Å². The molecule has 9 nitrogen and oxygen atoms in total. The molecule has 1 aliphatic heterocycles. The van der Waals surface area contributed by atoms with E-state index in [1.807, 2.05) is 19.9 Å². The number of hydrogen-bond donors (Lipinski definition) is 3. The molecule has 2 aromatic rings. The van der Waals surface area contributed by atoms with Crippen LogP contribution in [0.2, 0.25) is 0 Å². The van der Waals surface area contributed by atoms with E-state index < -0.39 is 16.1 Å². The summed E-state index contributed by atoms with van der Waals surface area (Å²) in [6.07, 6.45) is 0. The third-order valence-corrected chi connectivity index (χ3v) is 6.18. The Hall–Kier alpha value is -3.24. The van der Waals surface area contributed by atoms with Crippen molar-refractivity contribution in [3.63, 3.8) is 0 Å². The number of hydrogen-bond acceptors (Lipinski definition) is 6. The molecule has 1 heterocycles. The minimum Gasteiger partial charge on any atom is -0.375 e. The molecule has 2 aromatic carbocycles. The standard InChI is InChI=1S/C22H26N4O5S/c1-14(2)20(25-21-17-9-4-5-10-18(17)32(29,30)26-21)22(28)23-12-15-7-6-8-16(11-15)24-19(27)13-31-3/h4-11,14,20H,12-13H2,1-3H3,(H,23,28)(H,24,27)(H,25,26)/t20-/m0/s1. The van der Waals surface area contributed by atoms with Gasteiger partial charge in [-0.2, -0.15) is 0 Å². The summed E-state index contributed by atoms with van der Waals surface area (Å²) in [6, 6.07) is 12.8. The van der Waals surface area contributed by atoms with E-state index in [0.29, 0.717) is 11.3 Å². The zero-order valence-corrected chi connectivity index (χ0v) is 18.9. The molecule has 3 N–H and O–H groups in total. The number of amidine groups is 1. The van der Waals surface area contributed by atoms with E-state index in [0.717, 1.165) is 5.56 Å². The molecule has 2 amide bonds. The lowest BCUT2D eigenvalue weighted by Gasteiger charge is -2.17. The number of carbonyl (C=O) groups excluding carboxylic acids is 2. The molecule has 170 valence electrons. The fraction of sp³-hybridized carbons (Fsp3) is 0.318. The van der Waals surface area contributed by atoms with Gasteiger partial charge >= 0.3 is 0 Å². The fourth-order valence-corrected chi connectivity index (χ4v) is 4.50. The van der Waals surface area contributed by atoms with Crippen molar-refractivity contribution in [1.29, 1.82) is 0 Å². The summed E-state index contributed by atoms with van der Waals surface area (Å²) in [5, 5.41) is 5.56. The smallest absolute Gasteiger partial charge is 0.263 e. The quantitative estimate of drug-likeness (QED) is 0.555. The second-order valence-electron chi connectivity index (χ2n) is 7.67. The molecule has 1 atom stereocenters. The summed E-state index contributed by atoms with van der Waals surface area (Å²) < 4.78 is 31.9. The van der Waals surface area contributed by atoms with E-state index in [4.69, 9.17) is 4.74 Å². The van der Waals surface area contributed by atoms with Gasteiger partial charge in [0.15, 0.2) is 0 Å². The molecule has 3 rings (SSSR count). The molecule has 0 fully saturated rings. The van der Waals surface area contributed by atoms with Gasteiger partial charge < -0.3 is 15.4 Å². The lowest BCUT2D eigenvalue weighted by Crippen LogP contribution is -2.38. The fourth-order valence-electron chi connectivity index (χ4n) is 3.26. The molecule has 32 heavy (non-hydrogen) atoms. The maximum atomic E-state index is 12.9. The largest absolute Gasteiger partial charge is 0.375 e. The number of sulfonamides is 1. The van der Waals surface area contributed by atoms with E-state index in [1.165, 1.54) is 13.2 Å². The Morgan fingerprint density at radius 3 is 2.59 bits per heavy atom. The highest BCUT2D eigenvalue weighted by Gasteiger charge is 2.32. The van der Waals surface area contributed by atoms with Crippen LogP contribution in [0.25, 0.3) is 0 Å². The minimum atomic E-state index is -3.68. The molecule has 0 aliphatic carbocycles. The number of nitrogens with zero attached hydrogens (tertiary/aromatic N) is 1. The predicted octanol–water partition coefficient (Wildman–Crippen LogP) is 1.65. The first kappa shape index (κ1) is 23.4. The maximum Gasteiger partial charge on any atom is 0.263 e. The summed E-state index contributed by atoms with van der Waals surface area (Å²) >= 11 is 0. The Balaban J connectivity index is 1.72. The Kier molecular flexibility index (Phi) is 7.26. The van der Waals surface area contributed by atoms with Gasteiger partial charge in [-0.3, -0.25) is 19.3 Å². The van der Waals surface area contributed by atoms with Crippen LogP contribution in [0, 0.1) is 5.92 Å². The topological polar surface area (TPSA) is 126 Å². The zero-order valence-electron chi connectivity index (χ0n) is 18.1. The van der Waals surface area contributed by atoms with Crippen LogP contribution in [0.1, 0.15) is 25.0 Å². The van der Waals surface area contributed by atoms with Crippen molar-refractivity contribution < 1.29 is 22.7 Å². The van der Waals surface area contributed by atoms with Gasteiger partial charge in [0.05, 0.1) is 4.90 Å². The zero-order chi connectivity index (χ0) is 23.3. The average Bonchev–Trinajstić information content (AvgIpc) is 3.01. The molecular formula is C22H26N4O5S. The third kappa shape index (κ3) is 5.51. The summed E-state index contributed by atoms with van der Waals surface area (Å²) in [7, 11) is -2.24. The SMILES string of the molecule is COCC(=O)Nc1cccc(CNC(=O)[C@@H](N=C2NS(=O)(=O)c3ccccc32)C(C)C)c1. The first-order valence-corrected chi connectivity index (χ1v) is 11.5. The molecule has 0 saturated carbocycles. The normalized spacial score (nSPS) is 16.3. The lowest BCUT2D eigenvalue weighted by molar-refractivity contribution is -0.123. The van der Waals surface area contributed by atoms with Gasteiger partial charge in [-0.15, -0.1) is 0 Å². The first-order chi connectivity index (χ1) is 15.2. The van der Waals surface area contributed by atoms with Gasteiger partial charge in [0, 0.05) is 24.9 Å². The van der Waals surface area contributed by atoms with Gasteiger partial charge in [-0.1, -0.05) is 38.1 Å². The molecular weight excluding hydrogens is 432 g/mol. The molecule has 0 saturated heterocycles. The van der Waals surface area contributed by atoms with Crippen molar-refractivity contribution in [2.75, 3.05) is 19.0 Å². The van der Waals surface area contributed by atoms with Gasteiger partial charge in [-0.25, -0.2) is 8.42 Å². The average molecular weight is 459 g/mol. The number of carbonyl (C=O) groups is 2. The highest BCUT2D eigenvalue weighted by molar-refractivity contribution is 7.90. The molecule has 0 radical (unpaired) electrons. The van der Waals surface area contributed by atoms with Crippen LogP contribution in [-0.4, -0.2) is 45.8 Å². The summed E-state index contributed by atoms with van der Waals surface area (Å²) in [6.45, 7) is 3.86. The van der Waals surface area contributed by atoms with Crippen LogP contribution in [0.15, 0.2) is 58.4 Å². The number of anilines is 1. The molecule has 1 aliphatic rings. The van der Waals surface area contributed by atoms with Crippen LogP contribution in [0.4, 0.5) is 5.69 Å². The molecule has 0 spiro atoms. The monoisotopic (exact) mass is 458 g/mol. The second kappa shape index (κ2) is 9.92. The maximum absolute atomic E-state index is 12.9. The Morgan fingerprint density at radius 2 is 1.88 bits per heavy atom. The van der Waals surface area contributed by atoms with E-state index in [1.54, 1.807) is 36.4 Å². The van der Waals surface area contributed by atoms with Gasteiger partial charge in [0.1, 0.15) is 18.5 Å². The third-order valence-electron chi connectivity index (χ3n) is 4.78. The Labute approximate surface area is 187 Å². The van der Waals surface area contributed by atoms with Gasteiger partial charge in [0.2, 0.25) is 11.8 Å². The number of methoxy groups -OCH3 is 1. The summed E-state index contributed by atoms with van der Waals surface area (Å²) in [4.78, 5) is 29.2. The summed E-state index contributed by atoms with van der Waals surface area (Å²) in [5.41, 5.74) is 1.83. The first-order valence-electron chi connectivity index (χ1n) is 10.1. The molecule has 0 bridgehead atoms. The summed E-state index contributed by atoms with van der Waals surface area (Å²) in [5.74, 6) is -0.606. The second-order valence-corrected chi connectivity index (χ2v) is 9.32. The van der Waals surface area contributed by atoms with Crippen molar-refractivity contribution >= 4 is 33.4 Å². The van der Waals surface area contributed by atoms with Crippen molar-refractivity contribution in [3.8, 4) is 0 Å². The van der Waals surface area contributed by atoms with Crippen LogP contribution >= 0.6 is 0 Å². The number of benzene rings is 2. The number of aliphatic imine (C=N–C) groups is 1. The van der Waals surface area contributed by atoms with E-state index >= 15 is 0 Å². The van der Waals surface area contributed by atoms with Crippen molar-refractivity contribution in [3.05, 3.63) is 59.7 Å². The number of nitrogens with one attached hydrogen (secondary N) is 3. The Bertz CT molecular complexity index is 1140. The number of amides is 2.